The van der Waals surface area contributed by atoms with E-state index >= 15 is 0 Å². The van der Waals surface area contributed by atoms with Gasteiger partial charge in [-0.15, -0.1) is 11.3 Å². The van der Waals surface area contributed by atoms with Crippen LogP contribution >= 0.6 is 11.3 Å². The van der Waals surface area contributed by atoms with Crippen LogP contribution in [0, 0.1) is 5.92 Å². The van der Waals surface area contributed by atoms with E-state index in [1.807, 2.05) is 29.6 Å². The van der Waals surface area contributed by atoms with Crippen LogP contribution in [0.1, 0.15) is 23.3 Å². The maximum absolute atomic E-state index is 12.4. The molecule has 1 atom stereocenters. The predicted octanol–water partition coefficient (Wildman–Crippen LogP) is 2.42. The summed E-state index contributed by atoms with van der Waals surface area (Å²) >= 11 is 1.62. The standard InChI is InChI=1S/C19H24N4O2S/c24-18(21-10-7-15-5-8-20-9-6-15)16-3-1-11-23(14-16)19(25)22-13-17-4-2-12-26-17/h2,4-6,8-9,12,16H,1,3,7,10-11,13-14H2,(H,21,24)(H,22,25). The second-order valence-electron chi connectivity index (χ2n) is 6.42. The largest absolute Gasteiger partial charge is 0.355 e. The van der Waals surface area contributed by atoms with Gasteiger partial charge < -0.3 is 15.5 Å². The maximum Gasteiger partial charge on any atom is 0.317 e. The van der Waals surface area contributed by atoms with Gasteiger partial charge in [-0.3, -0.25) is 9.78 Å². The highest BCUT2D eigenvalue weighted by molar-refractivity contribution is 7.09. The summed E-state index contributed by atoms with van der Waals surface area (Å²) < 4.78 is 0. The van der Waals surface area contributed by atoms with Crippen LogP contribution in [0.3, 0.4) is 0 Å². The molecule has 0 bridgehead atoms. The van der Waals surface area contributed by atoms with Gasteiger partial charge in [-0.25, -0.2) is 4.79 Å². The lowest BCUT2D eigenvalue weighted by molar-refractivity contribution is -0.126. The van der Waals surface area contributed by atoms with Crippen LogP contribution in [0.5, 0.6) is 0 Å². The van der Waals surface area contributed by atoms with E-state index in [1.165, 1.54) is 0 Å². The minimum absolute atomic E-state index is 0.0369. The molecular formula is C19H24N4O2S. The van der Waals surface area contributed by atoms with Gasteiger partial charge in [0.05, 0.1) is 12.5 Å². The molecule has 0 spiro atoms. The number of urea groups is 1. The van der Waals surface area contributed by atoms with Crippen molar-refractivity contribution in [2.75, 3.05) is 19.6 Å². The van der Waals surface area contributed by atoms with Crippen molar-refractivity contribution in [3.63, 3.8) is 0 Å². The number of likely N-dealkylation sites (tertiary alicyclic amines) is 1. The minimum atomic E-state index is -0.131. The first-order valence-corrected chi connectivity index (χ1v) is 9.82. The molecular weight excluding hydrogens is 348 g/mol. The SMILES string of the molecule is O=C(NCCc1ccncc1)C1CCCN(C(=O)NCc2cccs2)C1. The molecule has 7 heteroatoms. The van der Waals surface area contributed by atoms with Crippen molar-refractivity contribution in [3.05, 3.63) is 52.5 Å². The van der Waals surface area contributed by atoms with Crippen molar-refractivity contribution in [3.8, 4) is 0 Å². The van der Waals surface area contributed by atoms with Gasteiger partial charge in [0.1, 0.15) is 0 Å². The fourth-order valence-electron chi connectivity index (χ4n) is 3.09. The minimum Gasteiger partial charge on any atom is -0.355 e. The predicted molar refractivity (Wildman–Crippen MR) is 102 cm³/mol. The summed E-state index contributed by atoms with van der Waals surface area (Å²) in [4.78, 5) is 31.6. The molecule has 1 aliphatic rings. The molecule has 2 N–H and O–H groups in total. The Labute approximate surface area is 157 Å². The number of hydrogen-bond donors (Lipinski definition) is 2. The van der Waals surface area contributed by atoms with Gasteiger partial charge in [0.2, 0.25) is 5.91 Å². The van der Waals surface area contributed by atoms with Crippen molar-refractivity contribution < 1.29 is 9.59 Å². The zero-order valence-electron chi connectivity index (χ0n) is 14.7. The number of nitrogens with zero attached hydrogens (tertiary/aromatic N) is 2. The molecule has 0 radical (unpaired) electrons. The van der Waals surface area contributed by atoms with E-state index in [-0.39, 0.29) is 17.9 Å². The number of pyridine rings is 1. The molecule has 0 aliphatic carbocycles. The van der Waals surface area contributed by atoms with E-state index in [1.54, 1.807) is 28.6 Å². The Morgan fingerprint density at radius 3 is 2.85 bits per heavy atom. The van der Waals surface area contributed by atoms with Crippen molar-refractivity contribution >= 4 is 23.3 Å². The van der Waals surface area contributed by atoms with Crippen LogP contribution in [-0.4, -0.2) is 41.5 Å². The zero-order chi connectivity index (χ0) is 18.2. The second-order valence-corrected chi connectivity index (χ2v) is 7.45. The Bertz CT molecular complexity index is 706. The average molecular weight is 372 g/mol. The Hall–Kier alpha value is -2.41. The van der Waals surface area contributed by atoms with Crippen LogP contribution < -0.4 is 10.6 Å². The average Bonchev–Trinajstić information content (AvgIpc) is 3.20. The van der Waals surface area contributed by atoms with Gasteiger partial charge in [-0.05, 0) is 48.4 Å². The Morgan fingerprint density at radius 2 is 2.08 bits per heavy atom. The van der Waals surface area contributed by atoms with Crippen molar-refractivity contribution in [1.29, 1.82) is 0 Å². The highest BCUT2D eigenvalue weighted by Crippen LogP contribution is 2.17. The van der Waals surface area contributed by atoms with E-state index in [9.17, 15) is 9.59 Å². The first kappa shape index (κ1) is 18.4. The zero-order valence-corrected chi connectivity index (χ0v) is 15.5. The van der Waals surface area contributed by atoms with Gasteiger partial charge >= 0.3 is 6.03 Å². The monoisotopic (exact) mass is 372 g/mol. The molecule has 2 aromatic rings. The summed E-state index contributed by atoms with van der Waals surface area (Å²) in [6.07, 6.45) is 5.98. The lowest BCUT2D eigenvalue weighted by atomic mass is 9.97. The quantitative estimate of drug-likeness (QED) is 0.818. The number of carbonyl (C=O) groups excluding carboxylic acids is 2. The van der Waals surface area contributed by atoms with Crippen LogP contribution in [0.15, 0.2) is 42.0 Å². The van der Waals surface area contributed by atoms with Crippen molar-refractivity contribution in [2.45, 2.75) is 25.8 Å². The smallest absolute Gasteiger partial charge is 0.317 e. The molecule has 6 nitrogen and oxygen atoms in total. The molecule has 1 aliphatic heterocycles. The number of piperidine rings is 1. The molecule has 138 valence electrons. The van der Waals surface area contributed by atoms with Gasteiger partial charge in [0, 0.05) is 36.9 Å². The Morgan fingerprint density at radius 1 is 1.23 bits per heavy atom. The molecule has 3 heterocycles. The molecule has 3 amide bonds. The third-order valence-electron chi connectivity index (χ3n) is 4.54. The summed E-state index contributed by atoms with van der Waals surface area (Å²) in [5.74, 6) is -0.0940. The number of amides is 3. The highest BCUT2D eigenvalue weighted by Gasteiger charge is 2.28. The maximum atomic E-state index is 12.4. The molecule has 1 unspecified atom stereocenters. The summed E-state index contributed by atoms with van der Waals surface area (Å²) in [6, 6.07) is 7.78. The molecule has 2 aromatic heterocycles. The fourth-order valence-corrected chi connectivity index (χ4v) is 3.73. The molecule has 0 saturated carbocycles. The topological polar surface area (TPSA) is 74.3 Å². The van der Waals surface area contributed by atoms with Gasteiger partial charge in [-0.2, -0.15) is 0 Å². The van der Waals surface area contributed by atoms with E-state index < -0.39 is 0 Å². The summed E-state index contributed by atoms with van der Waals surface area (Å²) in [5, 5.41) is 7.93. The number of carbonyl (C=O) groups is 2. The summed E-state index contributed by atoms with van der Waals surface area (Å²) in [7, 11) is 0. The van der Waals surface area contributed by atoms with Gasteiger partial charge in [-0.1, -0.05) is 6.07 Å². The number of thiophene rings is 1. The first-order valence-electron chi connectivity index (χ1n) is 8.94. The first-order chi connectivity index (χ1) is 12.7. The number of aromatic nitrogens is 1. The lowest BCUT2D eigenvalue weighted by Crippen LogP contribution is -2.48. The van der Waals surface area contributed by atoms with Crippen molar-refractivity contribution in [2.24, 2.45) is 5.92 Å². The summed E-state index contributed by atoms with van der Waals surface area (Å²) in [5.41, 5.74) is 1.15. The third-order valence-corrected chi connectivity index (χ3v) is 5.41. The molecule has 3 rings (SSSR count). The third kappa shape index (κ3) is 5.29. The summed E-state index contributed by atoms with van der Waals surface area (Å²) in [6.45, 7) is 2.33. The molecule has 1 fully saturated rings. The Balaban J connectivity index is 1.41. The van der Waals surface area contributed by atoms with E-state index in [4.69, 9.17) is 0 Å². The number of hydrogen-bond acceptors (Lipinski definition) is 4. The van der Waals surface area contributed by atoms with Gasteiger partial charge in [0.25, 0.3) is 0 Å². The van der Waals surface area contributed by atoms with E-state index in [2.05, 4.69) is 15.6 Å². The van der Waals surface area contributed by atoms with Crippen molar-refractivity contribution in [1.82, 2.24) is 20.5 Å². The van der Waals surface area contributed by atoms with Gasteiger partial charge in [0.15, 0.2) is 0 Å². The fraction of sp³-hybridized carbons (Fsp3) is 0.421. The number of rotatable bonds is 6. The molecule has 1 saturated heterocycles. The van der Waals surface area contributed by atoms with Crippen LogP contribution in [0.4, 0.5) is 4.79 Å². The van der Waals surface area contributed by atoms with E-state index in [0.29, 0.717) is 26.2 Å². The highest BCUT2D eigenvalue weighted by atomic mass is 32.1. The molecule has 0 aromatic carbocycles. The van der Waals surface area contributed by atoms with Crippen LogP contribution in [0.2, 0.25) is 0 Å². The van der Waals surface area contributed by atoms with Crippen LogP contribution in [-0.2, 0) is 17.8 Å². The Kier molecular flexibility index (Phi) is 6.60. The van der Waals surface area contributed by atoms with Crippen LogP contribution in [0.25, 0.3) is 0 Å². The normalized spacial score (nSPS) is 16.9. The lowest BCUT2D eigenvalue weighted by Gasteiger charge is -2.32. The second kappa shape index (κ2) is 9.33. The van der Waals surface area contributed by atoms with E-state index in [0.717, 1.165) is 29.7 Å². The molecule has 26 heavy (non-hydrogen) atoms. The number of nitrogens with one attached hydrogen (secondary N) is 2.